The summed E-state index contributed by atoms with van der Waals surface area (Å²) in [4.78, 5) is 27.2. The standard InChI is InChI=1S/C14H17ClN2O3/c1-14(2)13(20)16(3)7-8-17(14)10-6-4-5-9(15)11(10)12(18)19/h4-6H,7-8H2,1-3H3,(H,18,19). The Labute approximate surface area is 122 Å². The van der Waals surface area contributed by atoms with E-state index in [-0.39, 0.29) is 16.5 Å². The molecular formula is C14H17ClN2O3. The number of likely N-dealkylation sites (N-methyl/N-ethyl adjacent to an activating group) is 1. The molecule has 5 nitrogen and oxygen atoms in total. The topological polar surface area (TPSA) is 60.9 Å². The molecule has 1 aromatic carbocycles. The molecule has 0 aromatic heterocycles. The van der Waals surface area contributed by atoms with Crippen LogP contribution < -0.4 is 4.90 Å². The van der Waals surface area contributed by atoms with E-state index in [1.807, 2.05) is 4.90 Å². The lowest BCUT2D eigenvalue weighted by molar-refractivity contribution is -0.136. The molecule has 0 bridgehead atoms. The summed E-state index contributed by atoms with van der Waals surface area (Å²) in [6.07, 6.45) is 0. The molecule has 0 radical (unpaired) electrons. The van der Waals surface area contributed by atoms with Crippen LogP contribution in [0.3, 0.4) is 0 Å². The van der Waals surface area contributed by atoms with E-state index < -0.39 is 11.5 Å². The number of hydrogen-bond donors (Lipinski definition) is 1. The number of carboxylic acids is 1. The van der Waals surface area contributed by atoms with Gasteiger partial charge in [0.2, 0.25) is 5.91 Å². The Balaban J connectivity index is 2.54. The van der Waals surface area contributed by atoms with Gasteiger partial charge in [0.25, 0.3) is 0 Å². The second kappa shape index (κ2) is 4.98. The normalized spacial score (nSPS) is 18.3. The summed E-state index contributed by atoms with van der Waals surface area (Å²) in [7, 11) is 1.75. The first-order chi connectivity index (χ1) is 9.26. The van der Waals surface area contributed by atoms with E-state index in [9.17, 15) is 14.7 Å². The maximum atomic E-state index is 12.3. The van der Waals surface area contributed by atoms with Crippen LogP contribution in [-0.4, -0.2) is 47.6 Å². The highest BCUT2D eigenvalue weighted by molar-refractivity contribution is 6.34. The summed E-state index contributed by atoms with van der Waals surface area (Å²) in [5.41, 5.74) is -0.280. The molecule has 1 saturated heterocycles. The summed E-state index contributed by atoms with van der Waals surface area (Å²) in [6, 6.07) is 4.93. The summed E-state index contributed by atoms with van der Waals surface area (Å²) in [6.45, 7) is 4.69. The Morgan fingerprint density at radius 2 is 2.00 bits per heavy atom. The number of halogens is 1. The minimum atomic E-state index is -1.09. The molecule has 6 heteroatoms. The Morgan fingerprint density at radius 1 is 1.35 bits per heavy atom. The van der Waals surface area contributed by atoms with Crippen molar-refractivity contribution >= 4 is 29.2 Å². The van der Waals surface area contributed by atoms with Gasteiger partial charge < -0.3 is 14.9 Å². The Kier molecular flexibility index (Phi) is 3.65. The van der Waals surface area contributed by atoms with Crippen LogP contribution in [0.25, 0.3) is 0 Å². The van der Waals surface area contributed by atoms with E-state index in [1.54, 1.807) is 44.0 Å². The average molecular weight is 297 g/mol. The molecule has 1 heterocycles. The number of carbonyl (C=O) groups is 2. The molecule has 0 unspecified atom stereocenters. The molecule has 108 valence electrons. The van der Waals surface area contributed by atoms with Crippen LogP contribution in [0.1, 0.15) is 24.2 Å². The number of benzene rings is 1. The second-order valence-corrected chi connectivity index (χ2v) is 5.78. The van der Waals surface area contributed by atoms with E-state index in [0.717, 1.165) is 0 Å². The molecule has 1 aromatic rings. The van der Waals surface area contributed by atoms with Crippen molar-refractivity contribution in [3.05, 3.63) is 28.8 Å². The van der Waals surface area contributed by atoms with Crippen molar-refractivity contribution in [1.82, 2.24) is 4.90 Å². The van der Waals surface area contributed by atoms with Crippen LogP contribution in [0, 0.1) is 0 Å². The van der Waals surface area contributed by atoms with Gasteiger partial charge in [-0.05, 0) is 26.0 Å². The smallest absolute Gasteiger partial charge is 0.339 e. The van der Waals surface area contributed by atoms with E-state index in [1.165, 1.54) is 0 Å². The third kappa shape index (κ3) is 2.22. The van der Waals surface area contributed by atoms with Crippen molar-refractivity contribution < 1.29 is 14.7 Å². The van der Waals surface area contributed by atoms with Crippen molar-refractivity contribution in [2.24, 2.45) is 0 Å². The maximum absolute atomic E-state index is 12.3. The molecule has 0 aliphatic carbocycles. The lowest BCUT2D eigenvalue weighted by Gasteiger charge is -2.46. The van der Waals surface area contributed by atoms with E-state index in [4.69, 9.17) is 11.6 Å². The second-order valence-electron chi connectivity index (χ2n) is 5.38. The zero-order valence-electron chi connectivity index (χ0n) is 11.7. The molecule has 0 atom stereocenters. The monoisotopic (exact) mass is 296 g/mol. The van der Waals surface area contributed by atoms with Gasteiger partial charge in [0.1, 0.15) is 11.1 Å². The van der Waals surface area contributed by atoms with Gasteiger partial charge in [-0.2, -0.15) is 0 Å². The Morgan fingerprint density at radius 3 is 2.60 bits per heavy atom. The highest BCUT2D eigenvalue weighted by Gasteiger charge is 2.41. The number of carbonyl (C=O) groups excluding carboxylic acids is 1. The summed E-state index contributed by atoms with van der Waals surface area (Å²) in [5.74, 6) is -1.13. The zero-order valence-corrected chi connectivity index (χ0v) is 12.4. The van der Waals surface area contributed by atoms with Gasteiger partial charge in [-0.1, -0.05) is 17.7 Å². The molecule has 0 spiro atoms. The van der Waals surface area contributed by atoms with Crippen LogP contribution in [0.5, 0.6) is 0 Å². The minimum Gasteiger partial charge on any atom is -0.478 e. The molecular weight excluding hydrogens is 280 g/mol. The van der Waals surface area contributed by atoms with Gasteiger partial charge in [-0.25, -0.2) is 4.79 Å². The van der Waals surface area contributed by atoms with Gasteiger partial charge in [0.05, 0.1) is 10.7 Å². The minimum absolute atomic E-state index is 0.0413. The molecule has 1 aliphatic heterocycles. The van der Waals surface area contributed by atoms with Crippen molar-refractivity contribution in [3.8, 4) is 0 Å². The zero-order chi connectivity index (χ0) is 15.1. The number of hydrogen-bond acceptors (Lipinski definition) is 3. The fourth-order valence-corrected chi connectivity index (χ4v) is 2.83. The molecule has 0 saturated carbocycles. The molecule has 1 fully saturated rings. The Bertz CT molecular complexity index is 572. The third-order valence-corrected chi connectivity index (χ3v) is 4.02. The lowest BCUT2D eigenvalue weighted by Crippen LogP contribution is -2.62. The lowest BCUT2D eigenvalue weighted by atomic mass is 9.95. The quantitative estimate of drug-likeness (QED) is 0.908. The van der Waals surface area contributed by atoms with E-state index in [0.29, 0.717) is 18.8 Å². The average Bonchev–Trinajstić information content (AvgIpc) is 2.35. The van der Waals surface area contributed by atoms with Crippen molar-refractivity contribution in [3.63, 3.8) is 0 Å². The van der Waals surface area contributed by atoms with Gasteiger partial charge in [0, 0.05) is 20.1 Å². The van der Waals surface area contributed by atoms with Crippen molar-refractivity contribution in [2.45, 2.75) is 19.4 Å². The molecule has 20 heavy (non-hydrogen) atoms. The van der Waals surface area contributed by atoms with E-state index in [2.05, 4.69) is 0 Å². The predicted molar refractivity (Wildman–Crippen MR) is 77.5 cm³/mol. The van der Waals surface area contributed by atoms with Crippen LogP contribution in [-0.2, 0) is 4.79 Å². The van der Waals surface area contributed by atoms with Crippen LogP contribution in [0.4, 0.5) is 5.69 Å². The molecule has 1 N–H and O–H groups in total. The third-order valence-electron chi connectivity index (χ3n) is 3.70. The number of aromatic carboxylic acids is 1. The predicted octanol–water partition coefficient (Wildman–Crippen LogP) is 2.10. The number of rotatable bonds is 2. The fraction of sp³-hybridized carbons (Fsp3) is 0.429. The number of carboxylic acid groups (broad SMARTS) is 1. The highest BCUT2D eigenvalue weighted by Crippen LogP contribution is 2.34. The van der Waals surface area contributed by atoms with Gasteiger partial charge in [-0.3, -0.25) is 4.79 Å². The van der Waals surface area contributed by atoms with Gasteiger partial charge >= 0.3 is 5.97 Å². The number of nitrogens with zero attached hydrogens (tertiary/aromatic N) is 2. The van der Waals surface area contributed by atoms with Crippen molar-refractivity contribution in [2.75, 3.05) is 25.0 Å². The van der Waals surface area contributed by atoms with Gasteiger partial charge in [0.15, 0.2) is 0 Å². The van der Waals surface area contributed by atoms with Gasteiger partial charge in [-0.15, -0.1) is 0 Å². The van der Waals surface area contributed by atoms with Crippen LogP contribution >= 0.6 is 11.6 Å². The van der Waals surface area contributed by atoms with E-state index >= 15 is 0 Å². The summed E-state index contributed by atoms with van der Waals surface area (Å²) >= 11 is 6.00. The summed E-state index contributed by atoms with van der Waals surface area (Å²) < 4.78 is 0. The molecule has 1 amide bonds. The first-order valence-corrected chi connectivity index (χ1v) is 6.69. The van der Waals surface area contributed by atoms with Crippen LogP contribution in [0.15, 0.2) is 18.2 Å². The number of amides is 1. The number of piperazine rings is 1. The van der Waals surface area contributed by atoms with Crippen LogP contribution in [0.2, 0.25) is 5.02 Å². The fourth-order valence-electron chi connectivity index (χ4n) is 2.58. The largest absolute Gasteiger partial charge is 0.478 e. The molecule has 2 rings (SSSR count). The maximum Gasteiger partial charge on any atom is 0.339 e. The Hall–Kier alpha value is -1.75. The first-order valence-electron chi connectivity index (χ1n) is 6.32. The molecule has 1 aliphatic rings. The first kappa shape index (κ1) is 14.7. The SMILES string of the molecule is CN1CCN(c2cccc(Cl)c2C(=O)O)C(C)(C)C1=O. The number of anilines is 1. The highest BCUT2D eigenvalue weighted by atomic mass is 35.5. The van der Waals surface area contributed by atoms with Crippen molar-refractivity contribution in [1.29, 1.82) is 0 Å². The summed E-state index contributed by atoms with van der Waals surface area (Å²) in [5, 5.41) is 9.54.